The minimum absolute atomic E-state index is 0.0909. The van der Waals surface area contributed by atoms with Gasteiger partial charge in [0.2, 0.25) is 0 Å². The molecule has 8 nitrogen and oxygen atoms in total. The van der Waals surface area contributed by atoms with E-state index in [0.29, 0.717) is 13.0 Å². The molecule has 0 aliphatic carbocycles. The number of hydrogen-bond acceptors (Lipinski definition) is 7. The fourth-order valence-electron chi connectivity index (χ4n) is 4.94. The highest BCUT2D eigenvalue weighted by molar-refractivity contribution is 7.47. The summed E-state index contributed by atoms with van der Waals surface area (Å²) in [4.78, 5) is 22.3. The lowest BCUT2D eigenvalue weighted by atomic mass is 10.0. The molecule has 0 fully saturated rings. The van der Waals surface area contributed by atoms with Crippen molar-refractivity contribution in [3.63, 3.8) is 0 Å². The summed E-state index contributed by atoms with van der Waals surface area (Å²) in [5, 5.41) is 0. The molecule has 0 aromatic carbocycles. The van der Waals surface area contributed by atoms with Gasteiger partial charge in [-0.2, -0.15) is 0 Å². The Labute approximate surface area is 259 Å². The Balaban J connectivity index is 4.04. The molecule has 0 heterocycles. The average Bonchev–Trinajstić information content (AvgIpc) is 2.97. The van der Waals surface area contributed by atoms with E-state index in [1.807, 2.05) is 0 Å². The van der Waals surface area contributed by atoms with Gasteiger partial charge in [-0.1, -0.05) is 149 Å². The molecule has 42 heavy (non-hydrogen) atoms. The van der Waals surface area contributed by atoms with Crippen molar-refractivity contribution < 1.29 is 32.8 Å². The third-order valence-corrected chi connectivity index (χ3v) is 8.51. The maximum atomic E-state index is 12.5. The van der Waals surface area contributed by atoms with E-state index in [4.69, 9.17) is 24.3 Å². The summed E-state index contributed by atoms with van der Waals surface area (Å²) in [5.74, 6) is -0.329. The Morgan fingerprint density at radius 2 is 1.05 bits per heavy atom. The van der Waals surface area contributed by atoms with Gasteiger partial charge < -0.3 is 20.1 Å². The molecule has 0 amide bonds. The summed E-state index contributed by atoms with van der Waals surface area (Å²) in [5.41, 5.74) is 5.33. The minimum atomic E-state index is -4.25. The van der Waals surface area contributed by atoms with Gasteiger partial charge in [0.05, 0.1) is 19.8 Å². The lowest BCUT2D eigenvalue weighted by Crippen LogP contribution is -2.28. The standard InChI is InChI=1S/C33H68NO7P/c1-3-5-7-9-11-13-14-15-16-17-18-19-20-22-24-26-33(35)41-32(31-40-42(36,37)39-29-27-34)30-38-28-25-23-21-12-10-8-6-4-2/h32H,3-31,34H2,1-2H3,(H,36,37). The fraction of sp³-hybridized carbons (Fsp3) is 0.970. The van der Waals surface area contributed by atoms with Gasteiger partial charge in [-0.25, -0.2) is 4.57 Å². The first-order valence-corrected chi connectivity index (χ1v) is 19.0. The number of carbonyl (C=O) groups excluding carboxylic acids is 1. The van der Waals surface area contributed by atoms with E-state index in [9.17, 15) is 14.3 Å². The molecule has 0 aromatic heterocycles. The van der Waals surface area contributed by atoms with Crippen LogP contribution in [0.4, 0.5) is 0 Å². The summed E-state index contributed by atoms with van der Waals surface area (Å²) in [6.07, 6.45) is 28.3. The van der Waals surface area contributed by atoms with E-state index in [1.54, 1.807) is 0 Å². The molecule has 0 aromatic rings. The van der Waals surface area contributed by atoms with Crippen LogP contribution in [0.2, 0.25) is 0 Å². The quantitative estimate of drug-likeness (QED) is 0.0414. The van der Waals surface area contributed by atoms with Gasteiger partial charge in [-0.05, 0) is 12.8 Å². The maximum absolute atomic E-state index is 12.5. The molecule has 2 unspecified atom stereocenters. The lowest BCUT2D eigenvalue weighted by Gasteiger charge is -2.20. The number of nitrogens with two attached hydrogens (primary N) is 1. The van der Waals surface area contributed by atoms with E-state index in [2.05, 4.69) is 13.8 Å². The van der Waals surface area contributed by atoms with Crippen LogP contribution in [0.3, 0.4) is 0 Å². The van der Waals surface area contributed by atoms with Crippen molar-refractivity contribution >= 4 is 13.8 Å². The molecule has 3 N–H and O–H groups in total. The van der Waals surface area contributed by atoms with Crippen molar-refractivity contribution in [2.24, 2.45) is 5.73 Å². The van der Waals surface area contributed by atoms with Crippen LogP contribution < -0.4 is 5.73 Å². The van der Waals surface area contributed by atoms with Crippen molar-refractivity contribution in [2.45, 2.75) is 174 Å². The third-order valence-electron chi connectivity index (χ3n) is 7.52. The number of esters is 1. The first-order valence-electron chi connectivity index (χ1n) is 17.5. The van der Waals surface area contributed by atoms with E-state index in [-0.39, 0.29) is 32.3 Å². The number of unbranched alkanes of at least 4 members (excludes halogenated alkanes) is 21. The normalized spacial score (nSPS) is 13.7. The Morgan fingerprint density at radius 3 is 1.50 bits per heavy atom. The predicted octanol–water partition coefficient (Wildman–Crippen LogP) is 9.41. The van der Waals surface area contributed by atoms with Crippen LogP contribution in [-0.4, -0.2) is 49.9 Å². The highest BCUT2D eigenvalue weighted by Crippen LogP contribution is 2.43. The van der Waals surface area contributed by atoms with Gasteiger partial charge in [0.1, 0.15) is 6.10 Å². The number of carbonyl (C=O) groups is 1. The van der Waals surface area contributed by atoms with Gasteiger partial charge in [0, 0.05) is 19.6 Å². The summed E-state index contributed by atoms with van der Waals surface area (Å²) in [6.45, 7) is 4.92. The zero-order valence-corrected chi connectivity index (χ0v) is 28.4. The Bertz CT molecular complexity index is 623. The smallest absolute Gasteiger partial charge is 0.457 e. The van der Waals surface area contributed by atoms with Crippen molar-refractivity contribution in [1.82, 2.24) is 0 Å². The zero-order chi connectivity index (χ0) is 31.0. The summed E-state index contributed by atoms with van der Waals surface area (Å²) in [7, 11) is -4.25. The first-order chi connectivity index (χ1) is 20.4. The Morgan fingerprint density at radius 1 is 0.619 bits per heavy atom. The van der Waals surface area contributed by atoms with Gasteiger partial charge in [0.15, 0.2) is 0 Å². The topological polar surface area (TPSA) is 117 Å². The summed E-state index contributed by atoms with van der Waals surface area (Å²) < 4.78 is 33.1. The summed E-state index contributed by atoms with van der Waals surface area (Å²) in [6, 6.07) is 0. The van der Waals surface area contributed by atoms with E-state index < -0.39 is 13.9 Å². The number of hydrogen-bond donors (Lipinski definition) is 2. The highest BCUT2D eigenvalue weighted by atomic mass is 31.2. The van der Waals surface area contributed by atoms with Crippen LogP contribution >= 0.6 is 7.82 Å². The van der Waals surface area contributed by atoms with Crippen molar-refractivity contribution in [3.8, 4) is 0 Å². The molecule has 0 radical (unpaired) electrons. The molecule has 0 aliphatic heterocycles. The SMILES string of the molecule is CCCCCCCCCCCCCCCCCC(=O)OC(COCCCCCCCCCC)COP(=O)(O)OCCN. The largest absolute Gasteiger partial charge is 0.472 e. The average molecular weight is 622 g/mol. The van der Waals surface area contributed by atoms with Crippen molar-refractivity contribution in [2.75, 3.05) is 33.0 Å². The molecule has 0 bridgehead atoms. The number of ether oxygens (including phenoxy) is 2. The number of phosphoric acid groups is 1. The predicted molar refractivity (Wildman–Crippen MR) is 174 cm³/mol. The molecule has 252 valence electrons. The molecular weight excluding hydrogens is 553 g/mol. The lowest BCUT2D eigenvalue weighted by molar-refractivity contribution is -0.154. The van der Waals surface area contributed by atoms with Gasteiger partial charge in [0.25, 0.3) is 0 Å². The van der Waals surface area contributed by atoms with E-state index in [0.717, 1.165) is 32.1 Å². The monoisotopic (exact) mass is 621 g/mol. The van der Waals surface area contributed by atoms with Crippen molar-refractivity contribution in [3.05, 3.63) is 0 Å². The molecule has 0 spiro atoms. The van der Waals surface area contributed by atoms with Gasteiger partial charge >= 0.3 is 13.8 Å². The molecule has 0 aliphatic rings. The van der Waals surface area contributed by atoms with Gasteiger partial charge in [-0.15, -0.1) is 0 Å². The summed E-state index contributed by atoms with van der Waals surface area (Å²) >= 11 is 0. The molecular formula is C33H68NO7P. The minimum Gasteiger partial charge on any atom is -0.457 e. The molecule has 2 atom stereocenters. The first kappa shape index (κ1) is 41.5. The second kappa shape index (κ2) is 31.9. The van der Waals surface area contributed by atoms with Crippen molar-refractivity contribution in [1.29, 1.82) is 0 Å². The number of rotatable bonds is 34. The fourth-order valence-corrected chi connectivity index (χ4v) is 5.70. The second-order valence-corrected chi connectivity index (χ2v) is 13.2. The molecule has 0 saturated heterocycles. The molecule has 9 heteroatoms. The second-order valence-electron chi connectivity index (χ2n) is 11.7. The Kier molecular flexibility index (Phi) is 31.5. The van der Waals surface area contributed by atoms with Crippen LogP contribution in [0.15, 0.2) is 0 Å². The third kappa shape index (κ3) is 30.9. The zero-order valence-electron chi connectivity index (χ0n) is 27.5. The maximum Gasteiger partial charge on any atom is 0.472 e. The van der Waals surface area contributed by atoms with Gasteiger partial charge in [-0.3, -0.25) is 13.8 Å². The van der Waals surface area contributed by atoms with Crippen LogP contribution in [0, 0.1) is 0 Å². The Hall–Kier alpha value is -0.500. The van der Waals surface area contributed by atoms with Crippen LogP contribution in [-0.2, 0) is 27.9 Å². The van der Waals surface area contributed by atoms with Crippen LogP contribution in [0.1, 0.15) is 168 Å². The van der Waals surface area contributed by atoms with Crippen LogP contribution in [0.5, 0.6) is 0 Å². The molecule has 0 rings (SSSR count). The van der Waals surface area contributed by atoms with Crippen LogP contribution in [0.25, 0.3) is 0 Å². The van der Waals surface area contributed by atoms with E-state index >= 15 is 0 Å². The highest BCUT2D eigenvalue weighted by Gasteiger charge is 2.25. The molecule has 0 saturated carbocycles. The number of phosphoric ester groups is 1. The van der Waals surface area contributed by atoms with E-state index in [1.165, 1.54) is 116 Å².